The standard InChI is InChI=1S/C32H51N3O2S/c1-25-14-16-27(17-15-25)37-24-30(36)35(23-28-18-21-32(38-28)19-10-6-3-7-11-20-32)29-22-33-34-31(29)26-12-8-4-2-5-9-13-26/h14-17,26,28-29,31,33-34H,2-13,18-24H2,1H3. The van der Waals surface area contributed by atoms with Gasteiger partial charge in [-0.3, -0.25) is 15.6 Å². The fourth-order valence-electron chi connectivity index (χ4n) is 7.53. The number of hydrogen-bond acceptors (Lipinski definition) is 5. The monoisotopic (exact) mass is 541 g/mol. The van der Waals surface area contributed by atoms with Crippen LogP contribution in [0.15, 0.2) is 24.3 Å². The van der Waals surface area contributed by atoms with Crippen LogP contribution in [0.5, 0.6) is 5.75 Å². The Hall–Kier alpha value is -1.24. The lowest BCUT2D eigenvalue weighted by Gasteiger charge is -2.38. The summed E-state index contributed by atoms with van der Waals surface area (Å²) in [6, 6.07) is 8.59. The van der Waals surface area contributed by atoms with E-state index in [2.05, 4.69) is 46.6 Å². The zero-order chi connectivity index (χ0) is 26.2. The maximum absolute atomic E-state index is 13.9. The molecule has 1 aromatic rings. The lowest BCUT2D eigenvalue weighted by molar-refractivity contribution is -0.136. The summed E-state index contributed by atoms with van der Waals surface area (Å²) in [5, 5.41) is 0.538. The van der Waals surface area contributed by atoms with Gasteiger partial charge in [-0.1, -0.05) is 81.9 Å². The van der Waals surface area contributed by atoms with Crippen LogP contribution in [0, 0.1) is 12.8 Å². The van der Waals surface area contributed by atoms with Gasteiger partial charge < -0.3 is 9.64 Å². The smallest absolute Gasteiger partial charge is 0.260 e. The van der Waals surface area contributed by atoms with Crippen LogP contribution in [0.25, 0.3) is 0 Å². The highest BCUT2D eigenvalue weighted by Crippen LogP contribution is 2.51. The lowest BCUT2D eigenvalue weighted by Crippen LogP contribution is -2.54. The number of hydrazine groups is 1. The Labute approximate surface area is 235 Å². The highest BCUT2D eigenvalue weighted by Gasteiger charge is 2.44. The van der Waals surface area contributed by atoms with E-state index in [-0.39, 0.29) is 18.6 Å². The fourth-order valence-corrected chi connectivity index (χ4v) is 9.47. The van der Waals surface area contributed by atoms with E-state index in [1.54, 1.807) is 0 Å². The molecule has 0 bridgehead atoms. The molecular weight excluding hydrogens is 490 g/mol. The number of hydrogen-bond donors (Lipinski definition) is 2. The third-order valence-electron chi connectivity index (χ3n) is 9.76. The molecule has 1 aromatic carbocycles. The summed E-state index contributed by atoms with van der Waals surface area (Å²) in [7, 11) is 0. The summed E-state index contributed by atoms with van der Waals surface area (Å²) in [5.41, 5.74) is 8.33. The van der Waals surface area contributed by atoms with Gasteiger partial charge in [0.05, 0.1) is 6.04 Å². The number of thioether (sulfide) groups is 1. The van der Waals surface area contributed by atoms with Crippen LogP contribution in [0.3, 0.4) is 0 Å². The van der Waals surface area contributed by atoms with Crippen molar-refractivity contribution in [3.63, 3.8) is 0 Å². The van der Waals surface area contributed by atoms with Gasteiger partial charge in [-0.05, 0) is 63.5 Å². The zero-order valence-corrected chi connectivity index (χ0v) is 24.5. The van der Waals surface area contributed by atoms with E-state index < -0.39 is 0 Å². The molecule has 3 unspecified atom stereocenters. The van der Waals surface area contributed by atoms with Crippen LogP contribution in [0.4, 0.5) is 0 Å². The fraction of sp³-hybridized carbons (Fsp3) is 0.781. The van der Waals surface area contributed by atoms with Crippen molar-refractivity contribution in [1.82, 2.24) is 15.8 Å². The second kappa shape index (κ2) is 13.9. The Kier molecular flexibility index (Phi) is 10.3. The van der Waals surface area contributed by atoms with Crippen LogP contribution in [-0.4, -0.2) is 52.6 Å². The number of nitrogens with zero attached hydrogens (tertiary/aromatic N) is 1. The quantitative estimate of drug-likeness (QED) is 0.398. The van der Waals surface area contributed by atoms with Gasteiger partial charge in [-0.15, -0.1) is 11.8 Å². The van der Waals surface area contributed by atoms with Crippen molar-refractivity contribution in [2.45, 2.75) is 132 Å². The van der Waals surface area contributed by atoms with Crippen LogP contribution < -0.4 is 15.6 Å². The molecule has 5 rings (SSSR count). The Morgan fingerprint density at radius 1 is 0.921 bits per heavy atom. The molecule has 2 heterocycles. The van der Waals surface area contributed by atoms with Gasteiger partial charge in [0.1, 0.15) is 5.75 Å². The zero-order valence-electron chi connectivity index (χ0n) is 23.7. The molecule has 4 fully saturated rings. The molecule has 2 saturated carbocycles. The van der Waals surface area contributed by atoms with E-state index in [1.165, 1.54) is 108 Å². The van der Waals surface area contributed by atoms with Gasteiger partial charge in [0.25, 0.3) is 5.91 Å². The first-order valence-electron chi connectivity index (χ1n) is 15.8. The van der Waals surface area contributed by atoms with E-state index in [4.69, 9.17) is 4.74 Å². The normalized spacial score (nSPS) is 28.8. The number of nitrogens with one attached hydrogen (secondary N) is 2. The minimum atomic E-state index is 0.124. The van der Waals surface area contributed by atoms with Crippen molar-refractivity contribution < 1.29 is 9.53 Å². The summed E-state index contributed by atoms with van der Waals surface area (Å²) in [5.74, 6) is 1.57. The largest absolute Gasteiger partial charge is 0.484 e. The first-order valence-corrected chi connectivity index (χ1v) is 16.7. The maximum Gasteiger partial charge on any atom is 0.260 e. The average Bonchev–Trinajstić information content (AvgIpc) is 3.52. The second-order valence-corrected chi connectivity index (χ2v) is 14.4. The molecular formula is C32H51N3O2S. The molecule has 4 aliphatic rings. The highest BCUT2D eigenvalue weighted by molar-refractivity contribution is 8.01. The van der Waals surface area contributed by atoms with E-state index in [1.807, 2.05) is 12.1 Å². The van der Waals surface area contributed by atoms with Crippen molar-refractivity contribution in [3.8, 4) is 5.75 Å². The molecule has 38 heavy (non-hydrogen) atoms. The summed E-state index contributed by atoms with van der Waals surface area (Å²) in [6.45, 7) is 3.90. The molecule has 3 atom stereocenters. The first kappa shape index (κ1) is 28.3. The molecule has 0 radical (unpaired) electrons. The van der Waals surface area contributed by atoms with Crippen molar-refractivity contribution in [1.29, 1.82) is 0 Å². The summed E-state index contributed by atoms with van der Waals surface area (Å²) in [4.78, 5) is 16.2. The van der Waals surface area contributed by atoms with Crippen LogP contribution in [-0.2, 0) is 4.79 Å². The molecule has 5 nitrogen and oxygen atoms in total. The van der Waals surface area contributed by atoms with Gasteiger partial charge in [-0.25, -0.2) is 0 Å². The van der Waals surface area contributed by atoms with Gasteiger partial charge >= 0.3 is 0 Å². The van der Waals surface area contributed by atoms with Crippen LogP contribution in [0.1, 0.15) is 108 Å². The van der Waals surface area contributed by atoms with Crippen LogP contribution in [0.2, 0.25) is 0 Å². The number of carbonyl (C=O) groups is 1. The van der Waals surface area contributed by atoms with Crippen LogP contribution >= 0.6 is 11.8 Å². The number of rotatable bonds is 7. The molecule has 2 aliphatic carbocycles. The SMILES string of the molecule is Cc1ccc(OCC(=O)N(CC2CCC3(CCCCCCC3)S2)C2CNNC2C2CCCCCCC2)cc1. The molecule has 0 aromatic heterocycles. The Morgan fingerprint density at radius 3 is 2.29 bits per heavy atom. The number of benzene rings is 1. The summed E-state index contributed by atoms with van der Waals surface area (Å²) in [6.07, 6.45) is 21.6. The van der Waals surface area contributed by atoms with E-state index in [0.29, 0.717) is 22.0 Å². The predicted molar refractivity (Wildman–Crippen MR) is 159 cm³/mol. The third-order valence-corrected chi connectivity index (χ3v) is 11.6. The van der Waals surface area contributed by atoms with Gasteiger partial charge in [0, 0.05) is 29.1 Å². The van der Waals surface area contributed by atoms with Gasteiger partial charge in [0.2, 0.25) is 0 Å². The van der Waals surface area contributed by atoms with Gasteiger partial charge in [-0.2, -0.15) is 0 Å². The second-order valence-electron chi connectivity index (χ2n) is 12.6. The third kappa shape index (κ3) is 7.48. The average molecular weight is 542 g/mol. The van der Waals surface area contributed by atoms with Gasteiger partial charge in [0.15, 0.2) is 6.61 Å². The van der Waals surface area contributed by atoms with Crippen molar-refractivity contribution in [2.24, 2.45) is 5.92 Å². The topological polar surface area (TPSA) is 53.6 Å². The number of ether oxygens (including phenoxy) is 1. The molecule has 212 valence electrons. The highest BCUT2D eigenvalue weighted by atomic mass is 32.2. The lowest BCUT2D eigenvalue weighted by atomic mass is 9.83. The molecule has 1 spiro atoms. The Bertz CT molecular complexity index is 862. The predicted octanol–water partition coefficient (Wildman–Crippen LogP) is 6.79. The van der Waals surface area contributed by atoms with E-state index in [0.717, 1.165) is 18.8 Å². The Balaban J connectivity index is 1.29. The number of carbonyl (C=O) groups excluding carboxylic acids is 1. The maximum atomic E-state index is 13.9. The number of amides is 1. The molecule has 1 amide bonds. The molecule has 2 aliphatic heterocycles. The first-order chi connectivity index (χ1) is 18.6. The molecule has 2 N–H and O–H groups in total. The number of aryl methyl sites for hydroxylation is 1. The Morgan fingerprint density at radius 2 is 1.58 bits per heavy atom. The van der Waals surface area contributed by atoms with E-state index in [9.17, 15) is 4.79 Å². The van der Waals surface area contributed by atoms with Crippen molar-refractivity contribution in [3.05, 3.63) is 29.8 Å². The minimum absolute atomic E-state index is 0.124. The summed E-state index contributed by atoms with van der Waals surface area (Å²) >= 11 is 2.24. The van der Waals surface area contributed by atoms with Crippen molar-refractivity contribution >= 4 is 17.7 Å². The molecule has 2 saturated heterocycles. The molecule has 6 heteroatoms. The summed E-state index contributed by atoms with van der Waals surface area (Å²) < 4.78 is 6.51. The van der Waals surface area contributed by atoms with E-state index >= 15 is 0 Å². The van der Waals surface area contributed by atoms with Crippen molar-refractivity contribution in [2.75, 3.05) is 19.7 Å². The minimum Gasteiger partial charge on any atom is -0.484 e.